The molecule has 0 aromatic carbocycles. The van der Waals surface area contributed by atoms with Crippen LogP contribution in [-0.2, 0) is 5.60 Å². The minimum atomic E-state index is -4.86. The molecule has 0 aliphatic rings. The summed E-state index contributed by atoms with van der Waals surface area (Å²) in [4.78, 5) is 3.05. The number of aliphatic hydroxyl groups is 1. The number of nitrogens with zero attached hydrogens (tertiary/aromatic N) is 1. The van der Waals surface area contributed by atoms with Crippen LogP contribution in [0, 0.1) is 12.9 Å². The number of aromatic nitrogens is 1. The summed E-state index contributed by atoms with van der Waals surface area (Å²) in [6, 6.07) is 0. The van der Waals surface area contributed by atoms with E-state index in [0.717, 1.165) is 0 Å². The van der Waals surface area contributed by atoms with Gasteiger partial charge < -0.3 is 5.11 Å². The average Bonchev–Trinajstić information content (AvgIpc) is 2.30. The van der Waals surface area contributed by atoms with Crippen molar-refractivity contribution in [2.75, 3.05) is 0 Å². The molecule has 1 N–H and O–H groups in total. The lowest BCUT2D eigenvalue weighted by Gasteiger charge is -2.23. The molecular formula is C7H7F4NOS. The van der Waals surface area contributed by atoms with Crippen LogP contribution in [0.5, 0.6) is 0 Å². The van der Waals surface area contributed by atoms with Gasteiger partial charge in [0, 0.05) is 0 Å². The quantitative estimate of drug-likeness (QED) is 0.750. The van der Waals surface area contributed by atoms with Crippen molar-refractivity contribution in [2.24, 2.45) is 0 Å². The molecule has 0 amide bonds. The summed E-state index contributed by atoms with van der Waals surface area (Å²) in [7, 11) is 0. The number of thiazole rings is 1. The van der Waals surface area contributed by atoms with E-state index >= 15 is 0 Å². The molecule has 0 spiro atoms. The van der Waals surface area contributed by atoms with Gasteiger partial charge in [-0.2, -0.15) is 17.6 Å². The SMILES string of the molecule is Cc1sc(C(C)(O)C(F)(F)F)nc1F. The number of hydrogen-bond acceptors (Lipinski definition) is 3. The minimum Gasteiger partial charge on any atom is -0.375 e. The van der Waals surface area contributed by atoms with Gasteiger partial charge in [0.05, 0.1) is 4.88 Å². The van der Waals surface area contributed by atoms with Gasteiger partial charge in [0.1, 0.15) is 5.01 Å². The molecule has 1 aromatic rings. The molecule has 1 unspecified atom stereocenters. The molecule has 0 fully saturated rings. The Labute approximate surface area is 81.2 Å². The molecule has 0 saturated heterocycles. The van der Waals surface area contributed by atoms with Gasteiger partial charge in [-0.3, -0.25) is 0 Å². The fourth-order valence-electron chi connectivity index (χ4n) is 0.707. The van der Waals surface area contributed by atoms with E-state index in [2.05, 4.69) is 4.98 Å². The average molecular weight is 229 g/mol. The molecule has 7 heteroatoms. The smallest absolute Gasteiger partial charge is 0.375 e. The van der Waals surface area contributed by atoms with Gasteiger partial charge in [0.2, 0.25) is 11.5 Å². The van der Waals surface area contributed by atoms with Gasteiger partial charge in [-0.05, 0) is 13.8 Å². The zero-order valence-corrected chi connectivity index (χ0v) is 8.13. The van der Waals surface area contributed by atoms with E-state index in [1.807, 2.05) is 0 Å². The third-order valence-electron chi connectivity index (χ3n) is 1.71. The van der Waals surface area contributed by atoms with Crippen LogP contribution in [0.25, 0.3) is 0 Å². The highest BCUT2D eigenvalue weighted by atomic mass is 32.1. The third kappa shape index (κ3) is 1.74. The highest BCUT2D eigenvalue weighted by molar-refractivity contribution is 7.11. The molecule has 1 aromatic heterocycles. The molecule has 1 atom stereocenters. The van der Waals surface area contributed by atoms with E-state index in [0.29, 0.717) is 18.3 Å². The van der Waals surface area contributed by atoms with Crippen LogP contribution in [0.3, 0.4) is 0 Å². The van der Waals surface area contributed by atoms with Crippen LogP contribution in [0.4, 0.5) is 17.6 Å². The fraction of sp³-hybridized carbons (Fsp3) is 0.571. The Morgan fingerprint density at radius 2 is 1.86 bits per heavy atom. The zero-order valence-electron chi connectivity index (χ0n) is 7.31. The van der Waals surface area contributed by atoms with Gasteiger partial charge in [-0.15, -0.1) is 11.3 Å². The van der Waals surface area contributed by atoms with Crippen molar-refractivity contribution in [1.29, 1.82) is 0 Å². The molecule has 80 valence electrons. The summed E-state index contributed by atoms with van der Waals surface area (Å²) < 4.78 is 49.4. The molecule has 0 radical (unpaired) electrons. The van der Waals surface area contributed by atoms with Gasteiger partial charge in [0.25, 0.3) is 0 Å². The lowest BCUT2D eigenvalue weighted by atomic mass is 10.1. The maximum atomic E-state index is 12.7. The first-order chi connectivity index (χ1) is 6.16. The maximum Gasteiger partial charge on any atom is 0.423 e. The van der Waals surface area contributed by atoms with Crippen LogP contribution in [0.2, 0.25) is 0 Å². The van der Waals surface area contributed by atoms with Gasteiger partial charge >= 0.3 is 6.18 Å². The summed E-state index contributed by atoms with van der Waals surface area (Å²) in [5.74, 6) is -0.977. The van der Waals surface area contributed by atoms with Crippen molar-refractivity contribution in [1.82, 2.24) is 4.98 Å². The van der Waals surface area contributed by atoms with Crippen LogP contribution in [-0.4, -0.2) is 16.3 Å². The van der Waals surface area contributed by atoms with Crippen LogP contribution < -0.4 is 0 Å². The first-order valence-electron chi connectivity index (χ1n) is 3.58. The second-order valence-corrected chi connectivity index (χ2v) is 4.14. The van der Waals surface area contributed by atoms with Gasteiger partial charge in [0.15, 0.2) is 0 Å². The Hall–Kier alpha value is -0.690. The number of hydrogen-bond donors (Lipinski definition) is 1. The zero-order chi connectivity index (χ0) is 11.1. The van der Waals surface area contributed by atoms with E-state index in [-0.39, 0.29) is 4.88 Å². The Bertz CT molecular complexity index is 324. The summed E-state index contributed by atoms with van der Waals surface area (Å²) in [5.41, 5.74) is -3.09. The molecule has 0 aliphatic carbocycles. The Balaban J connectivity index is 3.16. The first-order valence-corrected chi connectivity index (χ1v) is 4.40. The summed E-state index contributed by atoms with van der Waals surface area (Å²) in [5, 5.41) is 8.44. The van der Waals surface area contributed by atoms with E-state index in [1.54, 1.807) is 0 Å². The predicted molar refractivity (Wildman–Crippen MR) is 42.4 cm³/mol. The Morgan fingerprint density at radius 1 is 1.36 bits per heavy atom. The molecule has 1 heterocycles. The highest BCUT2D eigenvalue weighted by Gasteiger charge is 2.53. The van der Waals surface area contributed by atoms with Crippen molar-refractivity contribution in [2.45, 2.75) is 25.6 Å². The summed E-state index contributed by atoms with van der Waals surface area (Å²) in [6.45, 7) is 1.84. The number of alkyl halides is 3. The second kappa shape index (κ2) is 3.16. The lowest BCUT2D eigenvalue weighted by Crippen LogP contribution is -2.39. The molecular weight excluding hydrogens is 222 g/mol. The van der Waals surface area contributed by atoms with Crippen molar-refractivity contribution in [3.05, 3.63) is 15.8 Å². The normalized spacial score (nSPS) is 16.8. The minimum absolute atomic E-state index is 0.0181. The molecule has 0 saturated carbocycles. The Kier molecular flexibility index (Phi) is 2.57. The van der Waals surface area contributed by atoms with Crippen molar-refractivity contribution >= 4 is 11.3 Å². The van der Waals surface area contributed by atoms with Crippen LogP contribution in [0.15, 0.2) is 0 Å². The molecule has 14 heavy (non-hydrogen) atoms. The third-order valence-corrected chi connectivity index (χ3v) is 2.87. The van der Waals surface area contributed by atoms with E-state index < -0.39 is 22.7 Å². The number of aryl methyl sites for hydroxylation is 1. The maximum absolute atomic E-state index is 12.7. The monoisotopic (exact) mass is 229 g/mol. The van der Waals surface area contributed by atoms with E-state index in [1.165, 1.54) is 6.92 Å². The molecule has 0 bridgehead atoms. The van der Waals surface area contributed by atoms with Crippen molar-refractivity contribution < 1.29 is 22.7 Å². The lowest BCUT2D eigenvalue weighted by molar-refractivity contribution is -0.258. The largest absolute Gasteiger partial charge is 0.423 e. The summed E-state index contributed by atoms with van der Waals surface area (Å²) in [6.07, 6.45) is -4.86. The Morgan fingerprint density at radius 3 is 2.14 bits per heavy atom. The highest BCUT2D eigenvalue weighted by Crippen LogP contribution is 2.40. The van der Waals surface area contributed by atoms with Crippen molar-refractivity contribution in [3.8, 4) is 0 Å². The predicted octanol–water partition coefficient (Wildman–Crippen LogP) is 2.36. The second-order valence-electron chi connectivity index (χ2n) is 2.94. The number of rotatable bonds is 1. The van der Waals surface area contributed by atoms with Crippen LogP contribution >= 0.6 is 11.3 Å². The topological polar surface area (TPSA) is 33.1 Å². The van der Waals surface area contributed by atoms with Gasteiger partial charge in [-0.25, -0.2) is 4.98 Å². The van der Waals surface area contributed by atoms with Crippen LogP contribution in [0.1, 0.15) is 16.8 Å². The standard InChI is InChI=1S/C7H7F4NOS/c1-3-4(8)12-5(14-3)6(2,13)7(9,10)11/h13H,1-2H3. The van der Waals surface area contributed by atoms with Crippen molar-refractivity contribution in [3.63, 3.8) is 0 Å². The molecule has 1 rings (SSSR count). The van der Waals surface area contributed by atoms with Gasteiger partial charge in [-0.1, -0.05) is 0 Å². The molecule has 2 nitrogen and oxygen atoms in total. The molecule has 0 aliphatic heterocycles. The van der Waals surface area contributed by atoms with E-state index in [9.17, 15) is 17.6 Å². The first kappa shape index (κ1) is 11.4. The number of halogens is 4. The summed E-state index contributed by atoms with van der Waals surface area (Å²) >= 11 is 0.492. The fourth-order valence-corrected chi connectivity index (χ4v) is 1.57. The van der Waals surface area contributed by atoms with E-state index in [4.69, 9.17) is 5.11 Å².